The first-order chi connectivity index (χ1) is 10.8. The summed E-state index contributed by atoms with van der Waals surface area (Å²) in [4.78, 5) is 12.5. The van der Waals surface area contributed by atoms with E-state index in [1.807, 2.05) is 42.5 Å². The van der Waals surface area contributed by atoms with E-state index in [-0.39, 0.29) is 0 Å². The van der Waals surface area contributed by atoms with Gasteiger partial charge in [-0.2, -0.15) is 0 Å². The molecule has 0 aliphatic carbocycles. The molecule has 0 spiro atoms. The van der Waals surface area contributed by atoms with Gasteiger partial charge in [-0.1, -0.05) is 12.1 Å². The van der Waals surface area contributed by atoms with Crippen molar-refractivity contribution in [3.63, 3.8) is 0 Å². The molecule has 0 atom stereocenters. The van der Waals surface area contributed by atoms with E-state index in [9.17, 15) is 5.21 Å². The molecule has 0 saturated heterocycles. The minimum absolute atomic E-state index is 0.463. The summed E-state index contributed by atoms with van der Waals surface area (Å²) >= 11 is 0. The number of hydrogen-bond donors (Lipinski definition) is 1. The summed E-state index contributed by atoms with van der Waals surface area (Å²) in [6, 6.07) is 14.8. The largest absolute Gasteiger partial charge is 0.361 e. The van der Waals surface area contributed by atoms with Crippen LogP contribution in [0, 0.1) is 0 Å². The molecule has 0 radical (unpaired) electrons. The fraction of sp³-hybridized carbons (Fsp3) is 0.0588. The predicted molar refractivity (Wildman–Crippen MR) is 82.2 cm³/mol. The van der Waals surface area contributed by atoms with Crippen molar-refractivity contribution in [2.75, 3.05) is 0 Å². The van der Waals surface area contributed by atoms with Crippen LogP contribution in [-0.4, -0.2) is 30.6 Å². The Balaban J connectivity index is 2.07. The molecule has 3 heterocycles. The third-order valence-corrected chi connectivity index (χ3v) is 3.21. The van der Waals surface area contributed by atoms with Gasteiger partial charge in [0.2, 0.25) is 0 Å². The number of rotatable bonds is 4. The lowest BCUT2D eigenvalue weighted by atomic mass is 10.1. The molecule has 3 aromatic heterocycles. The first-order valence-corrected chi connectivity index (χ1v) is 6.91. The molecule has 0 bridgehead atoms. The van der Waals surface area contributed by atoms with Gasteiger partial charge >= 0.3 is 5.82 Å². The number of pyridine rings is 3. The molecule has 0 saturated carbocycles. The third kappa shape index (κ3) is 3.15. The first kappa shape index (κ1) is 13.9. The van der Waals surface area contributed by atoms with Crippen LogP contribution in [0.15, 0.2) is 73.3 Å². The molecule has 22 heavy (non-hydrogen) atoms. The van der Waals surface area contributed by atoms with Gasteiger partial charge in [-0.25, -0.2) is 0 Å². The Morgan fingerprint density at radius 2 is 1.59 bits per heavy atom. The third-order valence-electron chi connectivity index (χ3n) is 3.21. The maximum absolute atomic E-state index is 10.6. The van der Waals surface area contributed by atoms with Crippen LogP contribution in [0.2, 0.25) is 0 Å². The van der Waals surface area contributed by atoms with Crippen LogP contribution in [-0.2, 0) is 6.42 Å². The molecule has 1 N–H and O–H groups in total. The SMILES string of the molecule is O[N+](=C(Cc1ccccn1)c1ccncc1)c1ccccn1. The number of hydrogen-bond acceptors (Lipinski definition) is 4. The van der Waals surface area contributed by atoms with Crippen molar-refractivity contribution in [2.24, 2.45) is 0 Å². The van der Waals surface area contributed by atoms with E-state index in [1.165, 1.54) is 0 Å². The molecule has 0 aliphatic rings. The van der Waals surface area contributed by atoms with E-state index in [0.717, 1.165) is 16.0 Å². The summed E-state index contributed by atoms with van der Waals surface area (Å²) in [6.45, 7) is 0. The second kappa shape index (κ2) is 6.58. The van der Waals surface area contributed by atoms with E-state index < -0.39 is 0 Å². The van der Waals surface area contributed by atoms with Crippen LogP contribution in [0.1, 0.15) is 11.3 Å². The Bertz CT molecular complexity index is 758. The fourth-order valence-electron chi connectivity index (χ4n) is 2.14. The quantitative estimate of drug-likeness (QED) is 0.347. The first-order valence-electron chi connectivity index (χ1n) is 6.91. The van der Waals surface area contributed by atoms with Crippen LogP contribution >= 0.6 is 0 Å². The highest BCUT2D eigenvalue weighted by Gasteiger charge is 2.18. The van der Waals surface area contributed by atoms with Crippen LogP contribution in [0.25, 0.3) is 0 Å². The van der Waals surface area contributed by atoms with Crippen LogP contribution in [0.4, 0.5) is 5.82 Å². The van der Waals surface area contributed by atoms with Gasteiger partial charge in [0.05, 0.1) is 6.42 Å². The molecule has 3 rings (SSSR count). The Hall–Kier alpha value is -3.08. The van der Waals surface area contributed by atoms with E-state index in [4.69, 9.17) is 0 Å². The van der Waals surface area contributed by atoms with Crippen molar-refractivity contribution in [1.82, 2.24) is 15.0 Å². The van der Waals surface area contributed by atoms with Gasteiger partial charge in [-0.15, -0.1) is 0 Å². The average Bonchev–Trinajstić information content (AvgIpc) is 2.61. The van der Waals surface area contributed by atoms with Crippen molar-refractivity contribution < 1.29 is 9.95 Å². The highest BCUT2D eigenvalue weighted by Crippen LogP contribution is 2.11. The zero-order valence-electron chi connectivity index (χ0n) is 11.9. The molecule has 5 heteroatoms. The molecule has 0 fully saturated rings. The molecular weight excluding hydrogens is 276 g/mol. The highest BCUT2D eigenvalue weighted by molar-refractivity contribution is 5.98. The van der Waals surface area contributed by atoms with Crippen molar-refractivity contribution in [3.8, 4) is 0 Å². The maximum atomic E-state index is 10.6. The zero-order valence-corrected chi connectivity index (χ0v) is 11.9. The Labute approximate surface area is 128 Å². The molecule has 3 aromatic rings. The van der Waals surface area contributed by atoms with Crippen LogP contribution in [0.5, 0.6) is 0 Å². The fourth-order valence-corrected chi connectivity index (χ4v) is 2.14. The predicted octanol–water partition coefficient (Wildman–Crippen LogP) is 2.64. The standard InChI is InChI=1S/C17H15N4O/c22-21(17-6-2-4-10-20-17)16(14-7-11-18-12-8-14)13-15-5-1-3-9-19-15/h1-12,22H,13H2/q+1. The lowest BCUT2D eigenvalue weighted by Crippen LogP contribution is -2.19. The molecule has 5 nitrogen and oxygen atoms in total. The highest BCUT2D eigenvalue weighted by atomic mass is 16.5. The molecule has 0 amide bonds. The van der Waals surface area contributed by atoms with Gasteiger partial charge in [0.1, 0.15) is 6.20 Å². The lowest BCUT2D eigenvalue weighted by molar-refractivity contribution is -0.715. The lowest BCUT2D eigenvalue weighted by Gasteiger charge is -2.06. The monoisotopic (exact) mass is 291 g/mol. The average molecular weight is 291 g/mol. The summed E-state index contributed by atoms with van der Waals surface area (Å²) < 4.78 is 1.10. The van der Waals surface area contributed by atoms with E-state index in [2.05, 4.69) is 15.0 Å². The van der Waals surface area contributed by atoms with Crippen LogP contribution in [0.3, 0.4) is 0 Å². The summed E-state index contributed by atoms with van der Waals surface area (Å²) in [6.07, 6.45) is 7.25. The smallest absolute Gasteiger partial charge is 0.349 e. The Kier molecular flexibility index (Phi) is 4.15. The molecule has 108 valence electrons. The van der Waals surface area contributed by atoms with E-state index >= 15 is 0 Å². The topological polar surface area (TPSA) is 61.9 Å². The van der Waals surface area contributed by atoms with E-state index in [1.54, 1.807) is 30.9 Å². The Morgan fingerprint density at radius 3 is 2.23 bits per heavy atom. The van der Waals surface area contributed by atoms with Crippen molar-refractivity contribution in [3.05, 3.63) is 84.6 Å². The van der Waals surface area contributed by atoms with Gasteiger partial charge in [0.25, 0.3) is 0 Å². The van der Waals surface area contributed by atoms with Gasteiger partial charge in [-0.05, 0) is 40.1 Å². The summed E-state index contributed by atoms with van der Waals surface area (Å²) in [5, 5.41) is 10.6. The van der Waals surface area contributed by atoms with Gasteiger partial charge in [-0.3, -0.25) is 9.97 Å². The Morgan fingerprint density at radius 1 is 0.864 bits per heavy atom. The van der Waals surface area contributed by atoms with E-state index in [0.29, 0.717) is 18.0 Å². The minimum atomic E-state index is 0.463. The summed E-state index contributed by atoms with van der Waals surface area (Å²) in [5.41, 5.74) is 2.43. The summed E-state index contributed by atoms with van der Waals surface area (Å²) in [5.74, 6) is 0.463. The van der Waals surface area contributed by atoms with Crippen molar-refractivity contribution in [1.29, 1.82) is 0 Å². The molecule has 0 unspecified atom stereocenters. The zero-order chi connectivity index (χ0) is 15.2. The van der Waals surface area contributed by atoms with Gasteiger partial charge in [0.15, 0.2) is 5.71 Å². The second-order valence-electron chi connectivity index (χ2n) is 4.68. The molecule has 0 aliphatic heterocycles. The van der Waals surface area contributed by atoms with Crippen molar-refractivity contribution >= 4 is 11.5 Å². The van der Waals surface area contributed by atoms with Crippen molar-refractivity contribution in [2.45, 2.75) is 6.42 Å². The van der Waals surface area contributed by atoms with Gasteiger partial charge < -0.3 is 5.21 Å². The van der Waals surface area contributed by atoms with Gasteiger partial charge in [0, 0.05) is 35.9 Å². The normalized spacial score (nSPS) is 11.8. The number of aromatic nitrogens is 3. The second-order valence-corrected chi connectivity index (χ2v) is 4.68. The molecular formula is C17H15N4O+. The maximum Gasteiger partial charge on any atom is 0.361 e. The number of nitrogens with zero attached hydrogens (tertiary/aromatic N) is 4. The molecule has 0 aromatic carbocycles. The van der Waals surface area contributed by atoms with Crippen LogP contribution < -0.4 is 0 Å². The summed E-state index contributed by atoms with van der Waals surface area (Å²) in [7, 11) is 0. The minimum Gasteiger partial charge on any atom is -0.349 e.